The molecular formula is C17H16BrN3O4. The average molecular weight is 406 g/mol. The van der Waals surface area contributed by atoms with Gasteiger partial charge in [0, 0.05) is 24.7 Å². The van der Waals surface area contributed by atoms with Gasteiger partial charge in [-0.1, -0.05) is 12.1 Å². The van der Waals surface area contributed by atoms with Crippen molar-refractivity contribution in [3.8, 4) is 0 Å². The lowest BCUT2D eigenvalue weighted by Gasteiger charge is -2.30. The highest BCUT2D eigenvalue weighted by atomic mass is 79.9. The number of hydrogen-bond donors (Lipinski definition) is 1. The molecule has 0 unspecified atom stereocenters. The van der Waals surface area contributed by atoms with Gasteiger partial charge >= 0.3 is 0 Å². The Bertz CT molecular complexity index is 806. The van der Waals surface area contributed by atoms with Gasteiger partial charge < -0.3 is 15.0 Å². The highest BCUT2D eigenvalue weighted by Gasteiger charge is 2.19. The van der Waals surface area contributed by atoms with Crippen molar-refractivity contribution < 1.29 is 14.5 Å². The molecule has 0 atom stereocenters. The molecule has 2 aromatic carbocycles. The number of amides is 1. The summed E-state index contributed by atoms with van der Waals surface area (Å²) < 4.78 is 5.70. The summed E-state index contributed by atoms with van der Waals surface area (Å²) in [6.07, 6.45) is 0. The number of rotatable bonds is 4. The van der Waals surface area contributed by atoms with Crippen LogP contribution in [0.2, 0.25) is 0 Å². The molecule has 3 rings (SSSR count). The molecule has 1 aliphatic rings. The highest BCUT2D eigenvalue weighted by Crippen LogP contribution is 2.29. The number of ether oxygens (including phenoxy) is 1. The lowest BCUT2D eigenvalue weighted by Crippen LogP contribution is -2.36. The second kappa shape index (κ2) is 7.62. The Hall–Kier alpha value is -2.45. The molecule has 1 aliphatic heterocycles. The van der Waals surface area contributed by atoms with Gasteiger partial charge in [0.2, 0.25) is 0 Å². The number of carbonyl (C=O) groups excluding carboxylic acids is 1. The summed E-state index contributed by atoms with van der Waals surface area (Å²) in [4.78, 5) is 25.2. The van der Waals surface area contributed by atoms with E-state index in [4.69, 9.17) is 4.74 Å². The Morgan fingerprint density at radius 1 is 1.20 bits per heavy atom. The quantitative estimate of drug-likeness (QED) is 0.621. The molecule has 1 heterocycles. The van der Waals surface area contributed by atoms with Crippen LogP contribution in [-0.4, -0.2) is 37.1 Å². The first-order valence-electron chi connectivity index (χ1n) is 7.73. The van der Waals surface area contributed by atoms with Crippen molar-refractivity contribution in [1.82, 2.24) is 0 Å². The van der Waals surface area contributed by atoms with Crippen LogP contribution in [0.5, 0.6) is 0 Å². The minimum Gasteiger partial charge on any atom is -0.378 e. The standard InChI is InChI=1S/C17H16BrN3O4/c18-13-6-5-12(11-16(13)21(23)24)17(22)19-14-3-1-2-4-15(14)20-7-9-25-10-8-20/h1-6,11H,7-10H2,(H,19,22). The maximum Gasteiger partial charge on any atom is 0.284 e. The van der Waals surface area contributed by atoms with Crippen molar-refractivity contribution in [2.24, 2.45) is 0 Å². The first-order chi connectivity index (χ1) is 12.1. The Kier molecular flexibility index (Phi) is 5.30. The van der Waals surface area contributed by atoms with Crippen LogP contribution in [0.1, 0.15) is 10.4 Å². The molecule has 0 aromatic heterocycles. The number of hydrogen-bond acceptors (Lipinski definition) is 5. The van der Waals surface area contributed by atoms with Gasteiger partial charge in [0.1, 0.15) is 0 Å². The minimum atomic E-state index is -0.525. The Morgan fingerprint density at radius 3 is 2.64 bits per heavy atom. The van der Waals surface area contributed by atoms with E-state index in [1.165, 1.54) is 12.1 Å². The normalized spacial score (nSPS) is 14.2. The number of nitro benzene ring substituents is 1. The second-order valence-electron chi connectivity index (χ2n) is 5.49. The fourth-order valence-corrected chi connectivity index (χ4v) is 3.04. The summed E-state index contributed by atoms with van der Waals surface area (Å²) in [6.45, 7) is 2.77. The van der Waals surface area contributed by atoms with E-state index >= 15 is 0 Å². The van der Waals surface area contributed by atoms with Gasteiger partial charge in [0.15, 0.2) is 0 Å². The molecule has 0 saturated carbocycles. The number of morpholine rings is 1. The van der Waals surface area contributed by atoms with E-state index in [2.05, 4.69) is 26.1 Å². The van der Waals surface area contributed by atoms with E-state index in [0.717, 1.165) is 18.8 Å². The summed E-state index contributed by atoms with van der Waals surface area (Å²) in [5.74, 6) is -0.392. The highest BCUT2D eigenvalue weighted by molar-refractivity contribution is 9.10. The first-order valence-corrected chi connectivity index (χ1v) is 8.52. The van der Waals surface area contributed by atoms with Crippen LogP contribution in [0.25, 0.3) is 0 Å². The molecule has 0 bridgehead atoms. The molecule has 2 aromatic rings. The van der Waals surface area contributed by atoms with Crippen molar-refractivity contribution in [1.29, 1.82) is 0 Å². The van der Waals surface area contributed by atoms with Crippen LogP contribution < -0.4 is 10.2 Å². The predicted molar refractivity (Wildman–Crippen MR) is 98.2 cm³/mol. The molecule has 130 valence electrons. The topological polar surface area (TPSA) is 84.7 Å². The summed E-state index contributed by atoms with van der Waals surface area (Å²) in [6, 6.07) is 11.8. The number of anilines is 2. The zero-order chi connectivity index (χ0) is 17.8. The lowest BCUT2D eigenvalue weighted by molar-refractivity contribution is -0.385. The third-order valence-corrected chi connectivity index (χ3v) is 4.58. The van der Waals surface area contributed by atoms with Crippen LogP contribution in [0.3, 0.4) is 0 Å². The van der Waals surface area contributed by atoms with Gasteiger partial charge in [-0.05, 0) is 40.2 Å². The minimum absolute atomic E-state index is 0.144. The summed E-state index contributed by atoms with van der Waals surface area (Å²) >= 11 is 3.12. The van der Waals surface area contributed by atoms with E-state index < -0.39 is 10.8 Å². The maximum absolute atomic E-state index is 12.5. The van der Waals surface area contributed by atoms with Crippen molar-refractivity contribution >= 4 is 38.9 Å². The fourth-order valence-electron chi connectivity index (χ4n) is 2.65. The monoisotopic (exact) mass is 405 g/mol. The molecule has 1 amide bonds. The van der Waals surface area contributed by atoms with Crippen molar-refractivity contribution in [3.05, 3.63) is 62.6 Å². The summed E-state index contributed by atoms with van der Waals surface area (Å²) in [7, 11) is 0. The van der Waals surface area contributed by atoms with Gasteiger partial charge in [-0.3, -0.25) is 14.9 Å². The molecule has 0 radical (unpaired) electrons. The largest absolute Gasteiger partial charge is 0.378 e. The molecule has 8 heteroatoms. The van der Waals surface area contributed by atoms with Crippen LogP contribution in [0.4, 0.5) is 17.1 Å². The molecule has 0 aliphatic carbocycles. The molecule has 1 N–H and O–H groups in total. The number of benzene rings is 2. The number of halogens is 1. The molecule has 0 spiro atoms. The molecule has 7 nitrogen and oxygen atoms in total. The van der Waals surface area contributed by atoms with E-state index in [1.807, 2.05) is 24.3 Å². The van der Waals surface area contributed by atoms with Gasteiger partial charge in [0.05, 0.1) is 34.0 Å². The van der Waals surface area contributed by atoms with Gasteiger partial charge in [0.25, 0.3) is 11.6 Å². The van der Waals surface area contributed by atoms with Gasteiger partial charge in [-0.15, -0.1) is 0 Å². The van der Waals surface area contributed by atoms with Crippen LogP contribution in [-0.2, 0) is 4.74 Å². The zero-order valence-corrected chi connectivity index (χ0v) is 14.9. The fraction of sp³-hybridized carbons (Fsp3) is 0.235. The number of nitrogens with one attached hydrogen (secondary N) is 1. The Labute approximate surface area is 152 Å². The smallest absolute Gasteiger partial charge is 0.284 e. The average Bonchev–Trinajstić information content (AvgIpc) is 2.63. The number of carbonyl (C=O) groups is 1. The Balaban J connectivity index is 1.84. The van der Waals surface area contributed by atoms with E-state index in [9.17, 15) is 14.9 Å². The lowest BCUT2D eigenvalue weighted by atomic mass is 10.1. The van der Waals surface area contributed by atoms with E-state index in [0.29, 0.717) is 23.4 Å². The third-order valence-electron chi connectivity index (χ3n) is 3.91. The first kappa shape index (κ1) is 17.4. The number of para-hydroxylation sites is 2. The molecule has 1 fully saturated rings. The van der Waals surface area contributed by atoms with Gasteiger partial charge in [-0.25, -0.2) is 0 Å². The molecular weight excluding hydrogens is 390 g/mol. The zero-order valence-electron chi connectivity index (χ0n) is 13.3. The van der Waals surface area contributed by atoms with Crippen LogP contribution in [0.15, 0.2) is 46.9 Å². The SMILES string of the molecule is O=C(Nc1ccccc1N1CCOCC1)c1ccc(Br)c([N+](=O)[O-])c1. The number of nitro groups is 1. The second-order valence-corrected chi connectivity index (χ2v) is 6.35. The predicted octanol–water partition coefficient (Wildman–Crippen LogP) is 3.45. The van der Waals surface area contributed by atoms with Crippen molar-refractivity contribution in [2.75, 3.05) is 36.5 Å². The van der Waals surface area contributed by atoms with Crippen molar-refractivity contribution in [2.45, 2.75) is 0 Å². The third kappa shape index (κ3) is 3.97. The van der Waals surface area contributed by atoms with Crippen LogP contribution in [0, 0.1) is 10.1 Å². The van der Waals surface area contributed by atoms with Crippen LogP contribution >= 0.6 is 15.9 Å². The molecule has 25 heavy (non-hydrogen) atoms. The summed E-state index contributed by atoms with van der Waals surface area (Å²) in [5.41, 5.74) is 1.66. The Morgan fingerprint density at radius 2 is 1.92 bits per heavy atom. The molecule has 1 saturated heterocycles. The van der Waals surface area contributed by atoms with E-state index in [-0.39, 0.29) is 11.3 Å². The van der Waals surface area contributed by atoms with E-state index in [1.54, 1.807) is 6.07 Å². The summed E-state index contributed by atoms with van der Waals surface area (Å²) in [5, 5.41) is 13.9. The maximum atomic E-state index is 12.5. The van der Waals surface area contributed by atoms with Gasteiger partial charge in [-0.2, -0.15) is 0 Å². The van der Waals surface area contributed by atoms with Crippen molar-refractivity contribution in [3.63, 3.8) is 0 Å². The number of nitrogens with zero attached hydrogens (tertiary/aromatic N) is 2.